The van der Waals surface area contributed by atoms with Gasteiger partial charge in [-0.15, -0.1) is 11.8 Å². The van der Waals surface area contributed by atoms with E-state index in [0.717, 1.165) is 78.8 Å². The number of anilines is 2. The number of thioether (sulfide) groups is 1. The fourth-order valence-corrected chi connectivity index (χ4v) is 9.08. The van der Waals surface area contributed by atoms with Crippen molar-refractivity contribution in [1.82, 2.24) is 20.3 Å². The molecule has 5 atom stereocenters. The number of nitrogens with one attached hydrogen (secondary N) is 3. The number of aliphatic hydroxyl groups is 1. The molecule has 2 heterocycles. The molecule has 0 radical (unpaired) electrons. The Morgan fingerprint density at radius 3 is 2.65 bits per heavy atom. The summed E-state index contributed by atoms with van der Waals surface area (Å²) in [7, 11) is 0. The summed E-state index contributed by atoms with van der Waals surface area (Å²) >= 11 is 1.73. The summed E-state index contributed by atoms with van der Waals surface area (Å²) in [6.45, 7) is 4.70. The second-order valence-corrected chi connectivity index (χ2v) is 14.0. The highest BCUT2D eigenvalue weighted by molar-refractivity contribution is 7.99. The molecule has 0 amide bonds. The Bertz CT molecular complexity index is 1190. The maximum atomic E-state index is 9.86. The average molecular weight is 562 g/mol. The number of hydrogen-bond acceptors (Lipinski definition) is 9. The number of nitriles is 1. The zero-order chi connectivity index (χ0) is 27.5. The normalized spacial score (nSPS) is 32.5. The van der Waals surface area contributed by atoms with Gasteiger partial charge in [-0.3, -0.25) is 0 Å². The van der Waals surface area contributed by atoms with Crippen LogP contribution in [-0.2, 0) is 6.54 Å². The quantitative estimate of drug-likeness (QED) is 0.274. The van der Waals surface area contributed by atoms with Crippen molar-refractivity contribution in [1.29, 1.82) is 5.26 Å². The van der Waals surface area contributed by atoms with E-state index in [9.17, 15) is 10.4 Å². The summed E-state index contributed by atoms with van der Waals surface area (Å²) in [4.78, 5) is 13.7. The Balaban J connectivity index is 1.08. The Morgan fingerprint density at radius 1 is 1.10 bits per heavy atom. The first-order valence-corrected chi connectivity index (χ1v) is 16.3. The van der Waals surface area contributed by atoms with Gasteiger partial charge in [0.1, 0.15) is 22.5 Å². The molecule has 0 aromatic carbocycles. The summed E-state index contributed by atoms with van der Waals surface area (Å²) in [5, 5.41) is 31.6. The Kier molecular flexibility index (Phi) is 8.47. The maximum Gasteiger partial charge on any atom is 0.224 e. The van der Waals surface area contributed by atoms with Gasteiger partial charge in [0.2, 0.25) is 5.95 Å². The van der Waals surface area contributed by atoms with Gasteiger partial charge >= 0.3 is 0 Å². The Morgan fingerprint density at radius 2 is 1.90 bits per heavy atom. The molecule has 5 aliphatic carbocycles. The highest BCUT2D eigenvalue weighted by Gasteiger charge is 2.55. The Hall–Kier alpha value is -2.41. The van der Waals surface area contributed by atoms with E-state index in [2.05, 4.69) is 45.0 Å². The zero-order valence-corrected chi connectivity index (χ0v) is 24.4. The van der Waals surface area contributed by atoms with Crippen molar-refractivity contribution in [2.45, 2.75) is 88.4 Å². The largest absolute Gasteiger partial charge is 0.393 e. The lowest BCUT2D eigenvalue weighted by Crippen LogP contribution is -2.60. The molecule has 5 fully saturated rings. The molecule has 4 N–H and O–H groups in total. The summed E-state index contributed by atoms with van der Waals surface area (Å²) in [6, 6.07) is 6.96. The second kappa shape index (κ2) is 12.2. The average Bonchev–Trinajstić information content (AvgIpc) is 2.96. The number of pyridine rings is 1. The number of aliphatic hydroxyl groups excluding tert-OH is 1. The van der Waals surface area contributed by atoms with E-state index < -0.39 is 0 Å². The first-order valence-electron chi connectivity index (χ1n) is 15.3. The number of rotatable bonds is 11. The third kappa shape index (κ3) is 6.09. The van der Waals surface area contributed by atoms with Crippen molar-refractivity contribution in [3.05, 3.63) is 35.7 Å². The van der Waals surface area contributed by atoms with Crippen molar-refractivity contribution < 1.29 is 5.11 Å². The van der Waals surface area contributed by atoms with Crippen LogP contribution in [0.25, 0.3) is 0 Å². The van der Waals surface area contributed by atoms with Crippen LogP contribution in [-0.4, -0.2) is 51.0 Å². The fraction of sp³-hybridized carbons (Fsp3) is 0.677. The fourth-order valence-electron chi connectivity index (χ4n) is 8.35. The molecule has 0 aliphatic heterocycles. The molecular weight excluding hydrogens is 518 g/mol. The van der Waals surface area contributed by atoms with E-state index in [1.165, 1.54) is 32.1 Å². The minimum Gasteiger partial charge on any atom is -0.393 e. The van der Waals surface area contributed by atoms with Crippen molar-refractivity contribution in [3.63, 3.8) is 0 Å². The molecule has 2 aromatic heterocycles. The predicted octanol–water partition coefficient (Wildman–Crippen LogP) is 5.21. The van der Waals surface area contributed by atoms with Crippen molar-refractivity contribution in [3.8, 4) is 6.07 Å². The monoisotopic (exact) mass is 561 g/mol. The van der Waals surface area contributed by atoms with Gasteiger partial charge in [0.05, 0.1) is 12.3 Å². The maximum absolute atomic E-state index is 9.86. The van der Waals surface area contributed by atoms with Crippen LogP contribution in [0, 0.1) is 40.4 Å². The van der Waals surface area contributed by atoms with E-state index in [-0.39, 0.29) is 11.5 Å². The van der Waals surface area contributed by atoms with Crippen LogP contribution in [0.4, 0.5) is 11.8 Å². The van der Waals surface area contributed by atoms with E-state index >= 15 is 0 Å². The second-order valence-electron chi connectivity index (χ2n) is 12.8. The van der Waals surface area contributed by atoms with Crippen LogP contribution >= 0.6 is 11.8 Å². The standard InChI is InChI=1S/C31H43N7OS/c1-2-40-29-22(4-3-9-33-29)17-35-30-36-18-25(15-32)28(38-30)37-19-31-12-21-10-23(13-31)27(24(11-21)14-31)34-16-20-5-7-26(39)8-6-20/h3-4,9,18,20-21,23-24,26-27,34,39H,2,5-8,10-14,16-17,19H2,1H3,(H2,35,36,37,38)/t20-,21?,23-,24+,26-,27-,31-. The van der Waals surface area contributed by atoms with Crippen LogP contribution in [0.15, 0.2) is 29.6 Å². The topological polar surface area (TPSA) is 119 Å². The SMILES string of the molecule is CCSc1ncccc1CNc1ncc(C#N)c(NC[C@]23CC4C[C@H](C2)[C@@H](NC[C@H]2CC[C@H](O)CC2)[C@@H](C4)C3)n1. The van der Waals surface area contributed by atoms with Gasteiger partial charge < -0.3 is 21.1 Å². The summed E-state index contributed by atoms with van der Waals surface area (Å²) in [5.74, 6) is 5.18. The van der Waals surface area contributed by atoms with Crippen molar-refractivity contribution in [2.24, 2.45) is 29.1 Å². The smallest absolute Gasteiger partial charge is 0.224 e. The molecule has 2 aromatic rings. The molecule has 4 bridgehead atoms. The van der Waals surface area contributed by atoms with E-state index in [1.54, 1.807) is 18.0 Å². The van der Waals surface area contributed by atoms with Gasteiger partial charge in [0, 0.05) is 30.9 Å². The van der Waals surface area contributed by atoms with Crippen molar-refractivity contribution in [2.75, 3.05) is 29.5 Å². The predicted molar refractivity (Wildman–Crippen MR) is 159 cm³/mol. The minimum atomic E-state index is -0.0769. The third-order valence-electron chi connectivity index (χ3n) is 9.97. The number of aromatic nitrogens is 3. The van der Waals surface area contributed by atoms with Gasteiger partial charge in [-0.1, -0.05) is 13.0 Å². The van der Waals surface area contributed by atoms with Crippen LogP contribution < -0.4 is 16.0 Å². The number of hydrogen-bond donors (Lipinski definition) is 4. The lowest BCUT2D eigenvalue weighted by molar-refractivity contribution is -0.0704. The van der Waals surface area contributed by atoms with Gasteiger partial charge in [0.25, 0.3) is 0 Å². The molecule has 1 unspecified atom stereocenters. The van der Waals surface area contributed by atoms with E-state index in [1.807, 2.05) is 12.3 Å². The van der Waals surface area contributed by atoms with Gasteiger partial charge in [-0.2, -0.15) is 10.2 Å². The van der Waals surface area contributed by atoms with Gasteiger partial charge in [-0.05, 0) is 105 Å². The summed E-state index contributed by atoms with van der Waals surface area (Å²) in [6.07, 6.45) is 14.1. The van der Waals surface area contributed by atoms with Crippen LogP contribution in [0.3, 0.4) is 0 Å². The molecule has 40 heavy (non-hydrogen) atoms. The van der Waals surface area contributed by atoms with Crippen LogP contribution in [0.5, 0.6) is 0 Å². The van der Waals surface area contributed by atoms with Gasteiger partial charge in [-0.25, -0.2) is 9.97 Å². The summed E-state index contributed by atoms with van der Waals surface area (Å²) < 4.78 is 0. The zero-order valence-electron chi connectivity index (χ0n) is 23.6. The lowest BCUT2D eigenvalue weighted by atomic mass is 9.48. The first kappa shape index (κ1) is 27.7. The molecule has 7 rings (SSSR count). The summed E-state index contributed by atoms with van der Waals surface area (Å²) in [5.41, 5.74) is 1.90. The highest BCUT2D eigenvalue weighted by atomic mass is 32.2. The molecule has 5 saturated carbocycles. The molecule has 214 valence electrons. The van der Waals surface area contributed by atoms with Crippen LogP contribution in [0.2, 0.25) is 0 Å². The van der Waals surface area contributed by atoms with E-state index in [4.69, 9.17) is 4.98 Å². The van der Waals surface area contributed by atoms with Crippen LogP contribution in [0.1, 0.15) is 75.8 Å². The minimum absolute atomic E-state index is 0.0769. The lowest BCUT2D eigenvalue weighted by Gasteiger charge is -2.60. The number of nitrogens with zero attached hydrogens (tertiary/aromatic N) is 4. The molecule has 0 saturated heterocycles. The molecule has 9 heteroatoms. The third-order valence-corrected chi connectivity index (χ3v) is 10.9. The first-order chi connectivity index (χ1) is 19.5. The van der Waals surface area contributed by atoms with Gasteiger partial charge in [0.15, 0.2) is 0 Å². The molecule has 5 aliphatic rings. The molecular formula is C31H43N7OS. The molecule has 8 nitrogen and oxygen atoms in total. The van der Waals surface area contributed by atoms with Crippen molar-refractivity contribution >= 4 is 23.5 Å². The van der Waals surface area contributed by atoms with E-state index in [0.29, 0.717) is 29.9 Å². The highest BCUT2D eigenvalue weighted by Crippen LogP contribution is 2.60. The Labute approximate surface area is 242 Å². The molecule has 0 spiro atoms.